The van der Waals surface area contributed by atoms with E-state index in [1.807, 2.05) is 26.0 Å². The van der Waals surface area contributed by atoms with Crippen molar-refractivity contribution in [1.29, 1.82) is 0 Å². The van der Waals surface area contributed by atoms with E-state index in [2.05, 4.69) is 6.92 Å². The van der Waals surface area contributed by atoms with E-state index in [4.69, 9.17) is 23.7 Å². The molecule has 0 aliphatic carbocycles. The Hall–Kier alpha value is -0.950. The highest BCUT2D eigenvalue weighted by Gasteiger charge is 2.41. The van der Waals surface area contributed by atoms with Crippen LogP contribution in [0, 0.1) is 0 Å². The largest absolute Gasteiger partial charge is 0.462 e. The molecule has 2 aliphatic heterocycles. The first kappa shape index (κ1) is 24.3. The van der Waals surface area contributed by atoms with Crippen molar-refractivity contribution in [3.8, 4) is 0 Å². The van der Waals surface area contributed by atoms with Crippen molar-refractivity contribution in [3.63, 3.8) is 0 Å². The van der Waals surface area contributed by atoms with Gasteiger partial charge >= 0.3 is 5.97 Å². The van der Waals surface area contributed by atoms with Gasteiger partial charge in [0, 0.05) is 13.5 Å². The van der Waals surface area contributed by atoms with Crippen molar-refractivity contribution in [3.05, 3.63) is 12.2 Å². The van der Waals surface area contributed by atoms with Crippen molar-refractivity contribution in [2.45, 2.75) is 115 Å². The van der Waals surface area contributed by atoms with Gasteiger partial charge in [0.1, 0.15) is 19.0 Å². The molecule has 0 spiro atoms. The zero-order chi connectivity index (χ0) is 21.1. The first-order valence-corrected chi connectivity index (χ1v) is 11.3. The summed E-state index contributed by atoms with van der Waals surface area (Å²) in [5.74, 6) is -0.884. The molecule has 0 aromatic heterocycles. The highest BCUT2D eigenvalue weighted by Crippen LogP contribution is 2.33. The van der Waals surface area contributed by atoms with Crippen molar-refractivity contribution in [2.24, 2.45) is 0 Å². The number of unbranched alkanes of at least 4 members (excludes halogenated alkanes) is 6. The van der Waals surface area contributed by atoms with Crippen LogP contribution < -0.4 is 0 Å². The molecule has 6 heteroatoms. The molecular formula is C23H40O6. The van der Waals surface area contributed by atoms with Crippen LogP contribution in [0.5, 0.6) is 0 Å². The van der Waals surface area contributed by atoms with E-state index < -0.39 is 11.9 Å². The first-order chi connectivity index (χ1) is 13.9. The molecule has 1 saturated heterocycles. The number of carbonyl (C=O) groups excluding carboxylic acids is 1. The number of cyclic esters (lactones) is 1. The number of esters is 1. The fourth-order valence-corrected chi connectivity index (χ4v) is 3.99. The number of rotatable bonds is 11. The Morgan fingerprint density at radius 1 is 1.07 bits per heavy atom. The average Bonchev–Trinajstić information content (AvgIpc) is 2.96. The minimum Gasteiger partial charge on any atom is -0.462 e. The maximum absolute atomic E-state index is 12.5. The predicted octanol–water partition coefficient (Wildman–Crippen LogP) is 4.90. The zero-order valence-electron chi connectivity index (χ0n) is 18.7. The molecule has 2 aliphatic rings. The second-order valence-corrected chi connectivity index (χ2v) is 8.60. The van der Waals surface area contributed by atoms with Gasteiger partial charge in [0.15, 0.2) is 5.79 Å². The van der Waals surface area contributed by atoms with Gasteiger partial charge in [-0.3, -0.25) is 4.79 Å². The van der Waals surface area contributed by atoms with Gasteiger partial charge in [-0.2, -0.15) is 0 Å². The maximum atomic E-state index is 12.5. The van der Waals surface area contributed by atoms with Crippen LogP contribution in [0.3, 0.4) is 0 Å². The van der Waals surface area contributed by atoms with Crippen molar-refractivity contribution in [2.75, 3.05) is 13.9 Å². The lowest BCUT2D eigenvalue weighted by Crippen LogP contribution is -2.32. The number of fused-ring (bicyclic) bond motifs is 1. The van der Waals surface area contributed by atoms with E-state index >= 15 is 0 Å². The summed E-state index contributed by atoms with van der Waals surface area (Å²) in [6, 6.07) is 0. The second-order valence-electron chi connectivity index (χ2n) is 8.60. The molecule has 168 valence electrons. The molecule has 0 bridgehead atoms. The molecule has 0 N–H and O–H groups in total. The number of ether oxygens (including phenoxy) is 5. The number of carbonyl (C=O) groups is 1. The van der Waals surface area contributed by atoms with Crippen LogP contribution >= 0.6 is 0 Å². The third-order valence-corrected chi connectivity index (χ3v) is 5.43. The molecule has 1 fully saturated rings. The van der Waals surface area contributed by atoms with Gasteiger partial charge in [0.2, 0.25) is 0 Å². The number of hydrogen-bond donors (Lipinski definition) is 0. The Kier molecular flexibility index (Phi) is 10.6. The molecule has 2 heterocycles. The Bertz CT molecular complexity index is 504. The highest BCUT2D eigenvalue weighted by molar-refractivity contribution is 5.70. The van der Waals surface area contributed by atoms with Crippen LogP contribution in [0.25, 0.3) is 0 Å². The third kappa shape index (κ3) is 9.16. The molecule has 0 aromatic rings. The maximum Gasteiger partial charge on any atom is 0.309 e. The number of hydrogen-bond acceptors (Lipinski definition) is 6. The van der Waals surface area contributed by atoms with Crippen molar-refractivity contribution in [1.82, 2.24) is 0 Å². The molecule has 0 amide bonds. The summed E-state index contributed by atoms with van der Waals surface area (Å²) in [7, 11) is 1.56. The van der Waals surface area contributed by atoms with Crippen LogP contribution in [0.15, 0.2) is 12.2 Å². The standard InChI is InChI=1S/C23H40O6/c1-5-6-7-8-9-10-11-12-19-15-21-20(28-23(2,3)29-21)14-13-18(26-17-25-4)16-22(24)27-19/h13-14,18-21H,5-12,15-17H2,1-4H3/b14-13+/t18-,19-,20+,21+/m1/s1. The van der Waals surface area contributed by atoms with E-state index in [1.54, 1.807) is 7.11 Å². The molecule has 2 rings (SSSR count). The molecule has 6 nitrogen and oxygen atoms in total. The van der Waals surface area contributed by atoms with E-state index in [0.717, 1.165) is 12.8 Å². The Labute approximate surface area is 176 Å². The van der Waals surface area contributed by atoms with E-state index in [-0.39, 0.29) is 37.5 Å². The van der Waals surface area contributed by atoms with Crippen LogP contribution in [-0.4, -0.2) is 50.1 Å². The van der Waals surface area contributed by atoms with Gasteiger partial charge in [-0.25, -0.2) is 0 Å². The molecule has 4 atom stereocenters. The fourth-order valence-electron chi connectivity index (χ4n) is 3.99. The fraction of sp³-hybridized carbons (Fsp3) is 0.870. The smallest absolute Gasteiger partial charge is 0.309 e. The van der Waals surface area contributed by atoms with Gasteiger partial charge < -0.3 is 23.7 Å². The summed E-state index contributed by atoms with van der Waals surface area (Å²) >= 11 is 0. The lowest BCUT2D eigenvalue weighted by molar-refractivity contribution is -0.158. The normalized spacial score (nSPS) is 30.6. The molecule has 0 unspecified atom stereocenters. The molecular weight excluding hydrogens is 372 g/mol. The van der Waals surface area contributed by atoms with Gasteiger partial charge in [-0.1, -0.05) is 57.6 Å². The zero-order valence-corrected chi connectivity index (χ0v) is 18.7. The Balaban J connectivity index is 1.94. The van der Waals surface area contributed by atoms with Crippen molar-refractivity contribution < 1.29 is 28.5 Å². The average molecular weight is 413 g/mol. The summed E-state index contributed by atoms with van der Waals surface area (Å²) in [5.41, 5.74) is 0. The number of methoxy groups -OCH3 is 1. The van der Waals surface area contributed by atoms with Crippen LogP contribution in [0.2, 0.25) is 0 Å². The SMILES string of the molecule is CCCCCCCCC[C@@H]1C[C@@H]2OC(C)(C)O[C@H]2/C=C/[C@@H](OCOC)CC(=O)O1. The van der Waals surface area contributed by atoms with Crippen LogP contribution in [0.4, 0.5) is 0 Å². The van der Waals surface area contributed by atoms with Crippen LogP contribution in [0.1, 0.15) is 85.0 Å². The minimum absolute atomic E-state index is 0.126. The molecule has 0 aromatic carbocycles. The second kappa shape index (κ2) is 12.7. The van der Waals surface area contributed by atoms with Gasteiger partial charge in [0.25, 0.3) is 0 Å². The van der Waals surface area contributed by atoms with E-state index in [1.165, 1.54) is 38.5 Å². The Morgan fingerprint density at radius 2 is 1.79 bits per heavy atom. The van der Waals surface area contributed by atoms with Gasteiger partial charge in [-0.15, -0.1) is 0 Å². The summed E-state index contributed by atoms with van der Waals surface area (Å²) < 4.78 is 28.6. The first-order valence-electron chi connectivity index (χ1n) is 11.3. The summed E-state index contributed by atoms with van der Waals surface area (Å²) in [6.45, 7) is 6.20. The molecule has 29 heavy (non-hydrogen) atoms. The highest BCUT2D eigenvalue weighted by atomic mass is 16.8. The van der Waals surface area contributed by atoms with Gasteiger partial charge in [-0.05, 0) is 26.7 Å². The predicted molar refractivity (Wildman–Crippen MR) is 111 cm³/mol. The Morgan fingerprint density at radius 3 is 2.52 bits per heavy atom. The molecule has 0 saturated carbocycles. The van der Waals surface area contributed by atoms with Gasteiger partial charge in [0.05, 0.1) is 18.6 Å². The third-order valence-electron chi connectivity index (χ3n) is 5.43. The lowest BCUT2D eigenvalue weighted by Gasteiger charge is -2.25. The van der Waals surface area contributed by atoms with E-state index in [0.29, 0.717) is 6.42 Å². The van der Waals surface area contributed by atoms with E-state index in [9.17, 15) is 4.79 Å². The lowest BCUT2D eigenvalue weighted by atomic mass is 9.99. The topological polar surface area (TPSA) is 63.2 Å². The molecule has 0 radical (unpaired) electrons. The summed E-state index contributed by atoms with van der Waals surface area (Å²) in [4.78, 5) is 12.5. The van der Waals surface area contributed by atoms with Crippen LogP contribution in [-0.2, 0) is 28.5 Å². The van der Waals surface area contributed by atoms with Crippen molar-refractivity contribution >= 4 is 5.97 Å². The summed E-state index contributed by atoms with van der Waals surface area (Å²) in [6.07, 6.45) is 13.3. The minimum atomic E-state index is -0.648. The monoisotopic (exact) mass is 412 g/mol. The quantitative estimate of drug-likeness (QED) is 0.208. The summed E-state index contributed by atoms with van der Waals surface area (Å²) in [5, 5.41) is 0.